The fraction of sp³-hybridized carbons (Fsp3) is 0.944. The second-order valence-corrected chi connectivity index (χ2v) is 12.5. The summed E-state index contributed by atoms with van der Waals surface area (Å²) in [6.07, 6.45) is 39.7. The molecule has 0 aromatic heterocycles. The van der Waals surface area contributed by atoms with E-state index in [9.17, 15) is 19.8 Å². The Kier molecular flexibility index (Phi) is 57.7. The second-order valence-electron chi connectivity index (χ2n) is 12.2. The standard InChI is InChI=1S/2C18H36O2.Mg.2O.Ti/c2*1-2-3-4-5-6-7-8-9-10-11-12-13-14-15-16-17-18(19)20;;;;/h2*2-17H2,1H3,(H,19,20);;;;/q;;+2;;;/p-2. The summed E-state index contributed by atoms with van der Waals surface area (Å²) in [7, 11) is 0. The summed E-state index contributed by atoms with van der Waals surface area (Å²) in [6, 6.07) is 0. The predicted molar refractivity (Wildman–Crippen MR) is 176 cm³/mol. The van der Waals surface area contributed by atoms with Gasteiger partial charge in [-0.1, -0.05) is 194 Å². The van der Waals surface area contributed by atoms with Gasteiger partial charge in [0.1, 0.15) is 0 Å². The topological polar surface area (TPSA) is 114 Å². The third kappa shape index (κ3) is 61.1. The van der Waals surface area contributed by atoms with Crippen LogP contribution in [0.15, 0.2) is 0 Å². The zero-order valence-corrected chi connectivity index (χ0v) is 32.3. The Morgan fingerprint density at radius 1 is 0.364 bits per heavy atom. The van der Waals surface area contributed by atoms with Crippen LogP contribution >= 0.6 is 0 Å². The van der Waals surface area contributed by atoms with Crippen LogP contribution in [0, 0.1) is 0 Å². The Balaban J connectivity index is -0.000000326. The van der Waals surface area contributed by atoms with Gasteiger partial charge in [-0.2, -0.15) is 0 Å². The molecule has 0 aromatic rings. The summed E-state index contributed by atoms with van der Waals surface area (Å²) in [5.41, 5.74) is 0. The summed E-state index contributed by atoms with van der Waals surface area (Å²) < 4.78 is 17.0. The Bertz CT molecular complexity index is 541. The van der Waals surface area contributed by atoms with E-state index >= 15 is 0 Å². The molecule has 256 valence electrons. The molecule has 0 fully saturated rings. The first kappa shape index (κ1) is 50.9. The summed E-state index contributed by atoms with van der Waals surface area (Å²) in [5, 5.41) is 20.4. The molecule has 0 spiro atoms. The molecule has 0 amide bonds. The van der Waals surface area contributed by atoms with Gasteiger partial charge in [-0.05, 0) is 25.7 Å². The van der Waals surface area contributed by atoms with Crippen molar-refractivity contribution < 1.29 is 45.5 Å². The Hall–Kier alpha value is 0.0205. The van der Waals surface area contributed by atoms with Crippen molar-refractivity contribution in [2.45, 2.75) is 219 Å². The molecule has 0 saturated carbocycles. The summed E-state index contributed by atoms with van der Waals surface area (Å²) in [6.45, 7) is 4.53. The summed E-state index contributed by atoms with van der Waals surface area (Å²) in [5.74, 6) is -1.81. The Morgan fingerprint density at radius 2 is 0.500 bits per heavy atom. The van der Waals surface area contributed by atoms with Crippen LogP contribution in [0.5, 0.6) is 0 Å². The van der Waals surface area contributed by atoms with Crippen molar-refractivity contribution in [3.8, 4) is 0 Å². The van der Waals surface area contributed by atoms with Crippen LogP contribution in [0.2, 0.25) is 0 Å². The molecular weight excluding hydrogens is 601 g/mol. The van der Waals surface area contributed by atoms with Gasteiger partial charge in [0.2, 0.25) is 0 Å². The van der Waals surface area contributed by atoms with Gasteiger partial charge >= 0.3 is 48.8 Å². The van der Waals surface area contributed by atoms with Gasteiger partial charge in [0.25, 0.3) is 0 Å². The van der Waals surface area contributed by atoms with Crippen LogP contribution in [0.25, 0.3) is 0 Å². The van der Waals surface area contributed by atoms with Gasteiger partial charge in [0.05, 0.1) is 0 Å². The molecule has 8 heteroatoms. The summed E-state index contributed by atoms with van der Waals surface area (Å²) in [4.78, 5) is 20.4. The number of rotatable bonds is 32. The van der Waals surface area contributed by atoms with Gasteiger partial charge in [0.15, 0.2) is 0 Å². The first-order valence-electron chi connectivity index (χ1n) is 18.3. The molecule has 44 heavy (non-hydrogen) atoms. The first-order valence-corrected chi connectivity index (χ1v) is 19.6. The van der Waals surface area contributed by atoms with Crippen molar-refractivity contribution in [3.05, 3.63) is 0 Å². The molecule has 0 atom stereocenters. The summed E-state index contributed by atoms with van der Waals surface area (Å²) >= 11 is -2.00. The number of hydrogen-bond acceptors (Lipinski definition) is 6. The van der Waals surface area contributed by atoms with Gasteiger partial charge < -0.3 is 19.8 Å². The monoisotopic (exact) mass is 670 g/mol. The predicted octanol–water partition coefficient (Wildman–Crippen LogP) is 9.37. The number of hydrogen-bond donors (Lipinski definition) is 0. The molecule has 0 N–H and O–H groups in total. The zero-order chi connectivity index (χ0) is 32.5. The average Bonchev–Trinajstić information content (AvgIpc) is 2.97. The van der Waals surface area contributed by atoms with E-state index in [1.807, 2.05) is 0 Å². The van der Waals surface area contributed by atoms with Crippen LogP contribution in [0.1, 0.15) is 219 Å². The number of unbranched alkanes of at least 4 members (excludes halogenated alkanes) is 28. The molecule has 0 saturated heterocycles. The molecular formula is C36H70MgO6Ti. The first-order chi connectivity index (χ1) is 21.0. The number of carbonyl (C=O) groups is 2. The minimum absolute atomic E-state index is 0. The number of aliphatic carboxylic acids is 2. The van der Waals surface area contributed by atoms with Crippen molar-refractivity contribution in [1.29, 1.82) is 0 Å². The van der Waals surface area contributed by atoms with Crippen LogP contribution in [-0.2, 0) is 35.3 Å². The number of carbonyl (C=O) groups excluding carboxylic acids is 2. The van der Waals surface area contributed by atoms with Gasteiger partial charge in [-0.3, -0.25) is 0 Å². The van der Waals surface area contributed by atoms with Crippen LogP contribution in [-0.4, -0.2) is 35.0 Å². The van der Waals surface area contributed by atoms with E-state index in [2.05, 4.69) is 13.8 Å². The SMILES string of the molecule is CCCCCCCCCCCCCCCCCC(=O)[O-].CCCCCCCCCCCCCCCCCC(=O)[O-].[Mg+2].[O]=[Ti]=[O]. The molecule has 0 aliphatic carbocycles. The fourth-order valence-electron chi connectivity index (χ4n) is 5.28. The Labute approximate surface area is 298 Å². The van der Waals surface area contributed by atoms with Crippen molar-refractivity contribution in [2.75, 3.05) is 0 Å². The molecule has 0 aromatic carbocycles. The minimum atomic E-state index is -2.00. The van der Waals surface area contributed by atoms with Crippen molar-refractivity contribution >= 4 is 35.0 Å². The molecule has 0 unspecified atom stereocenters. The fourth-order valence-corrected chi connectivity index (χ4v) is 5.28. The number of carboxylic acid groups (broad SMARTS) is 2. The van der Waals surface area contributed by atoms with Crippen LogP contribution in [0.3, 0.4) is 0 Å². The van der Waals surface area contributed by atoms with E-state index in [0.29, 0.717) is 0 Å². The molecule has 0 rings (SSSR count). The maximum atomic E-state index is 10.2. The maximum absolute atomic E-state index is 10.2. The molecule has 0 bridgehead atoms. The quantitative estimate of drug-likeness (QED) is 0.0520. The van der Waals surface area contributed by atoms with Gasteiger partial charge in [-0.15, -0.1) is 0 Å². The van der Waals surface area contributed by atoms with Gasteiger partial charge in [0, 0.05) is 11.9 Å². The normalized spacial score (nSPS) is 10.0. The van der Waals surface area contributed by atoms with Crippen LogP contribution < -0.4 is 10.2 Å². The molecule has 0 radical (unpaired) electrons. The number of carboxylic acids is 2. The molecule has 0 heterocycles. The molecule has 6 nitrogen and oxygen atoms in total. The van der Waals surface area contributed by atoms with Crippen molar-refractivity contribution in [2.24, 2.45) is 0 Å². The van der Waals surface area contributed by atoms with E-state index in [1.54, 1.807) is 0 Å². The van der Waals surface area contributed by atoms with E-state index in [4.69, 9.17) is 6.65 Å². The van der Waals surface area contributed by atoms with Gasteiger partial charge in [-0.25, -0.2) is 0 Å². The Morgan fingerprint density at radius 3 is 0.636 bits per heavy atom. The van der Waals surface area contributed by atoms with Crippen molar-refractivity contribution in [3.63, 3.8) is 0 Å². The molecule has 0 aliphatic rings. The van der Waals surface area contributed by atoms with E-state index < -0.39 is 31.0 Å². The van der Waals surface area contributed by atoms with E-state index in [0.717, 1.165) is 25.7 Å². The van der Waals surface area contributed by atoms with E-state index in [1.165, 1.54) is 167 Å². The van der Waals surface area contributed by atoms with Crippen molar-refractivity contribution in [1.82, 2.24) is 0 Å². The molecule has 0 aliphatic heterocycles. The third-order valence-electron chi connectivity index (χ3n) is 7.97. The third-order valence-corrected chi connectivity index (χ3v) is 7.97. The average molecular weight is 671 g/mol. The second kappa shape index (κ2) is 49.9. The zero-order valence-electron chi connectivity index (χ0n) is 29.3. The van der Waals surface area contributed by atoms with Crippen LogP contribution in [0.4, 0.5) is 0 Å². The van der Waals surface area contributed by atoms with E-state index in [-0.39, 0.29) is 35.9 Å².